The minimum Gasteiger partial charge on any atom is -0.370 e. The molecule has 1 fully saturated rings. The summed E-state index contributed by atoms with van der Waals surface area (Å²) >= 11 is 0. The number of piperidine rings is 1. The molecule has 16 heavy (non-hydrogen) atoms. The first-order valence-electron chi connectivity index (χ1n) is 5.65. The van der Waals surface area contributed by atoms with Crippen molar-refractivity contribution in [1.29, 1.82) is 5.26 Å². The van der Waals surface area contributed by atoms with Gasteiger partial charge in [0.05, 0.1) is 11.3 Å². The molecule has 0 bridgehead atoms. The molecule has 0 aromatic heterocycles. The first-order valence-corrected chi connectivity index (χ1v) is 5.65. The molecule has 1 aliphatic heterocycles. The van der Waals surface area contributed by atoms with Crippen LogP contribution in [0.25, 0.3) is 0 Å². The Labute approximate surface area is 96.5 Å². The molecule has 0 atom stereocenters. The van der Waals surface area contributed by atoms with Crippen molar-refractivity contribution in [2.45, 2.75) is 25.3 Å². The maximum Gasteiger partial charge on any atom is 0.101 e. The summed E-state index contributed by atoms with van der Waals surface area (Å²) in [6.07, 6.45) is 1.96. The maximum atomic E-state index is 9.05. The van der Waals surface area contributed by atoms with Crippen LogP contribution in [0.2, 0.25) is 0 Å². The molecule has 1 aliphatic rings. The van der Waals surface area contributed by atoms with Gasteiger partial charge in [-0.25, -0.2) is 0 Å². The van der Waals surface area contributed by atoms with E-state index in [1.54, 1.807) is 0 Å². The zero-order valence-electron chi connectivity index (χ0n) is 9.61. The molecule has 1 aromatic carbocycles. The summed E-state index contributed by atoms with van der Waals surface area (Å²) in [4.78, 5) is 2.26. The van der Waals surface area contributed by atoms with E-state index in [4.69, 9.17) is 11.0 Å². The molecular formula is C13H17N3. The van der Waals surface area contributed by atoms with Crippen molar-refractivity contribution in [3.8, 4) is 6.07 Å². The minimum atomic E-state index is -0.0436. The molecule has 84 valence electrons. The molecule has 1 saturated heterocycles. The van der Waals surface area contributed by atoms with Crippen LogP contribution in [0.3, 0.4) is 0 Å². The molecular weight excluding hydrogens is 198 g/mol. The molecule has 2 rings (SSSR count). The van der Waals surface area contributed by atoms with Crippen molar-refractivity contribution >= 4 is 5.69 Å². The number of nitrogens with zero attached hydrogens (tertiary/aromatic N) is 2. The number of benzene rings is 1. The molecule has 1 heterocycles. The highest BCUT2D eigenvalue weighted by Crippen LogP contribution is 2.26. The van der Waals surface area contributed by atoms with Crippen LogP contribution in [-0.2, 0) is 0 Å². The second-order valence-corrected chi connectivity index (χ2v) is 4.77. The zero-order valence-corrected chi connectivity index (χ0v) is 9.61. The van der Waals surface area contributed by atoms with E-state index in [1.807, 2.05) is 24.3 Å². The average molecular weight is 215 g/mol. The van der Waals surface area contributed by atoms with E-state index in [1.165, 1.54) is 0 Å². The van der Waals surface area contributed by atoms with Gasteiger partial charge in [0.1, 0.15) is 6.07 Å². The Balaban J connectivity index is 2.18. The van der Waals surface area contributed by atoms with Gasteiger partial charge in [-0.05, 0) is 31.9 Å². The van der Waals surface area contributed by atoms with E-state index in [9.17, 15) is 0 Å². The van der Waals surface area contributed by atoms with E-state index in [0.717, 1.165) is 37.2 Å². The first-order chi connectivity index (χ1) is 7.62. The van der Waals surface area contributed by atoms with Crippen LogP contribution >= 0.6 is 0 Å². The minimum absolute atomic E-state index is 0.0436. The van der Waals surface area contributed by atoms with E-state index in [-0.39, 0.29) is 5.54 Å². The van der Waals surface area contributed by atoms with E-state index < -0.39 is 0 Å². The van der Waals surface area contributed by atoms with Gasteiger partial charge in [-0.15, -0.1) is 0 Å². The third-order valence-corrected chi connectivity index (χ3v) is 3.27. The lowest BCUT2D eigenvalue weighted by Crippen LogP contribution is -2.48. The van der Waals surface area contributed by atoms with E-state index >= 15 is 0 Å². The van der Waals surface area contributed by atoms with Crippen LogP contribution in [0.15, 0.2) is 24.3 Å². The van der Waals surface area contributed by atoms with Crippen LogP contribution in [-0.4, -0.2) is 18.6 Å². The quantitative estimate of drug-likeness (QED) is 0.778. The number of rotatable bonds is 1. The average Bonchev–Trinajstić information content (AvgIpc) is 2.29. The largest absolute Gasteiger partial charge is 0.370 e. The summed E-state index contributed by atoms with van der Waals surface area (Å²) in [5.41, 5.74) is 7.85. The third kappa shape index (κ3) is 2.17. The van der Waals surface area contributed by atoms with E-state index in [0.29, 0.717) is 0 Å². The predicted octanol–water partition coefficient (Wildman–Crippen LogP) is 1.88. The standard InChI is InChI=1S/C13H17N3/c1-13(15)6-8-16(9-7-13)12-5-3-2-4-11(12)10-14/h2-5H,6-9,15H2,1H3. The molecule has 3 nitrogen and oxygen atoms in total. The Kier molecular flexibility index (Phi) is 2.84. The van der Waals surface area contributed by atoms with Gasteiger partial charge in [-0.3, -0.25) is 0 Å². The summed E-state index contributed by atoms with van der Waals surface area (Å²) in [5.74, 6) is 0. The Morgan fingerprint density at radius 1 is 1.31 bits per heavy atom. The molecule has 2 N–H and O–H groups in total. The molecule has 0 unspecified atom stereocenters. The number of hydrogen-bond donors (Lipinski definition) is 1. The van der Waals surface area contributed by atoms with Crippen LogP contribution in [0.1, 0.15) is 25.3 Å². The van der Waals surface area contributed by atoms with Crippen LogP contribution < -0.4 is 10.6 Å². The SMILES string of the molecule is CC1(N)CCN(c2ccccc2C#N)CC1. The highest BCUT2D eigenvalue weighted by Gasteiger charge is 2.26. The zero-order chi connectivity index (χ0) is 11.6. The van der Waals surface area contributed by atoms with Crippen LogP contribution in [0, 0.1) is 11.3 Å². The van der Waals surface area contributed by atoms with Gasteiger partial charge in [-0.1, -0.05) is 12.1 Å². The highest BCUT2D eigenvalue weighted by molar-refractivity contribution is 5.59. The number of nitrogens with two attached hydrogens (primary N) is 1. The third-order valence-electron chi connectivity index (χ3n) is 3.27. The van der Waals surface area contributed by atoms with Crippen LogP contribution in [0.4, 0.5) is 5.69 Å². The van der Waals surface area contributed by atoms with Crippen molar-refractivity contribution in [3.05, 3.63) is 29.8 Å². The van der Waals surface area contributed by atoms with Gasteiger partial charge in [0, 0.05) is 18.6 Å². The smallest absolute Gasteiger partial charge is 0.101 e. The second kappa shape index (κ2) is 4.15. The van der Waals surface area contributed by atoms with Gasteiger partial charge in [0.25, 0.3) is 0 Å². The van der Waals surface area contributed by atoms with Gasteiger partial charge >= 0.3 is 0 Å². The van der Waals surface area contributed by atoms with E-state index in [2.05, 4.69) is 17.9 Å². The Morgan fingerprint density at radius 3 is 2.56 bits per heavy atom. The monoisotopic (exact) mass is 215 g/mol. The molecule has 0 radical (unpaired) electrons. The Hall–Kier alpha value is -1.53. The van der Waals surface area contributed by atoms with Gasteiger partial charge in [0.2, 0.25) is 0 Å². The summed E-state index contributed by atoms with van der Waals surface area (Å²) in [6.45, 7) is 3.97. The highest BCUT2D eigenvalue weighted by atomic mass is 15.1. The Bertz CT molecular complexity index is 407. The van der Waals surface area contributed by atoms with Gasteiger partial charge in [-0.2, -0.15) is 5.26 Å². The second-order valence-electron chi connectivity index (χ2n) is 4.77. The number of hydrogen-bond acceptors (Lipinski definition) is 3. The molecule has 3 heteroatoms. The predicted molar refractivity (Wildman–Crippen MR) is 65.2 cm³/mol. The lowest BCUT2D eigenvalue weighted by molar-refractivity contribution is 0.364. The number of anilines is 1. The fraction of sp³-hybridized carbons (Fsp3) is 0.462. The van der Waals surface area contributed by atoms with Crippen molar-refractivity contribution in [3.63, 3.8) is 0 Å². The summed E-state index contributed by atoms with van der Waals surface area (Å²) in [7, 11) is 0. The van der Waals surface area contributed by atoms with Crippen LogP contribution in [0.5, 0.6) is 0 Å². The summed E-state index contributed by atoms with van der Waals surface area (Å²) < 4.78 is 0. The van der Waals surface area contributed by atoms with Crippen molar-refractivity contribution in [2.24, 2.45) is 5.73 Å². The summed E-state index contributed by atoms with van der Waals surface area (Å²) in [6, 6.07) is 10.00. The molecule has 0 aliphatic carbocycles. The van der Waals surface area contributed by atoms with Crippen molar-refractivity contribution in [1.82, 2.24) is 0 Å². The topological polar surface area (TPSA) is 53.0 Å². The van der Waals surface area contributed by atoms with Crippen molar-refractivity contribution < 1.29 is 0 Å². The Morgan fingerprint density at radius 2 is 1.94 bits per heavy atom. The van der Waals surface area contributed by atoms with Gasteiger partial charge < -0.3 is 10.6 Å². The molecule has 0 saturated carbocycles. The fourth-order valence-corrected chi connectivity index (χ4v) is 2.10. The number of para-hydroxylation sites is 1. The van der Waals surface area contributed by atoms with Crippen molar-refractivity contribution in [2.75, 3.05) is 18.0 Å². The summed E-state index contributed by atoms with van der Waals surface area (Å²) in [5, 5.41) is 9.05. The first kappa shape index (κ1) is 11.0. The number of nitriles is 1. The lowest BCUT2D eigenvalue weighted by atomic mass is 9.90. The fourth-order valence-electron chi connectivity index (χ4n) is 2.10. The molecule has 1 aromatic rings. The lowest BCUT2D eigenvalue weighted by Gasteiger charge is -2.38. The van der Waals surface area contributed by atoms with Gasteiger partial charge in [0.15, 0.2) is 0 Å². The molecule has 0 spiro atoms. The maximum absolute atomic E-state index is 9.05. The normalized spacial score (nSPS) is 19.2. The molecule has 0 amide bonds.